The number of aromatic nitrogens is 2. The summed E-state index contributed by atoms with van der Waals surface area (Å²) in [4.78, 5) is 27.6. The standard InChI is InChI=1S/C27H27FN6O3/c28-24-5-3-6-25(33-24)37-23-9-7-20(8-10-23)32-27-30-16-19(26(35)31-21-11-14-36-15-12-21)17-34(27)18-22-4-1-2-13-29-22/h1-10,13,16,21H,11-12,14-15,17-18H2,(H,30,32)(H,31,35). The molecule has 0 bridgehead atoms. The molecule has 0 atom stereocenters. The van der Waals surface area contributed by atoms with Crippen LogP contribution in [-0.2, 0) is 16.1 Å². The summed E-state index contributed by atoms with van der Waals surface area (Å²) in [5.41, 5.74) is 2.21. The summed E-state index contributed by atoms with van der Waals surface area (Å²) in [7, 11) is 0. The van der Waals surface area contributed by atoms with E-state index in [9.17, 15) is 9.18 Å². The average molecular weight is 503 g/mol. The van der Waals surface area contributed by atoms with Gasteiger partial charge in [-0.25, -0.2) is 4.99 Å². The van der Waals surface area contributed by atoms with Crippen LogP contribution in [0.3, 0.4) is 0 Å². The lowest BCUT2D eigenvalue weighted by Gasteiger charge is -2.30. The van der Waals surface area contributed by atoms with Crippen molar-refractivity contribution in [1.29, 1.82) is 0 Å². The molecule has 5 rings (SSSR count). The van der Waals surface area contributed by atoms with Gasteiger partial charge in [0.25, 0.3) is 5.91 Å². The van der Waals surface area contributed by atoms with Crippen LogP contribution in [0.25, 0.3) is 0 Å². The Labute approximate surface area is 214 Å². The highest BCUT2D eigenvalue weighted by atomic mass is 19.1. The Balaban J connectivity index is 1.29. The summed E-state index contributed by atoms with van der Waals surface area (Å²) in [6.45, 7) is 2.17. The zero-order valence-corrected chi connectivity index (χ0v) is 20.1. The monoisotopic (exact) mass is 502 g/mol. The Morgan fingerprint density at radius 2 is 1.92 bits per heavy atom. The van der Waals surface area contributed by atoms with E-state index in [1.165, 1.54) is 12.1 Å². The number of carbonyl (C=O) groups is 1. The van der Waals surface area contributed by atoms with E-state index >= 15 is 0 Å². The zero-order chi connectivity index (χ0) is 25.5. The fraction of sp³-hybridized carbons (Fsp3) is 0.259. The van der Waals surface area contributed by atoms with Crippen molar-refractivity contribution >= 4 is 17.6 Å². The van der Waals surface area contributed by atoms with Gasteiger partial charge in [0.05, 0.1) is 24.4 Å². The van der Waals surface area contributed by atoms with Gasteiger partial charge in [-0.1, -0.05) is 12.1 Å². The molecule has 1 fully saturated rings. The smallest absolute Gasteiger partial charge is 0.250 e. The van der Waals surface area contributed by atoms with Crippen molar-refractivity contribution in [2.75, 3.05) is 25.1 Å². The molecular weight excluding hydrogens is 475 g/mol. The van der Waals surface area contributed by atoms with Crippen LogP contribution in [0.4, 0.5) is 10.1 Å². The number of carbonyl (C=O) groups excluding carboxylic acids is 1. The van der Waals surface area contributed by atoms with Gasteiger partial charge in [-0.05, 0) is 55.3 Å². The van der Waals surface area contributed by atoms with Crippen LogP contribution in [0.15, 0.2) is 83.6 Å². The van der Waals surface area contributed by atoms with Crippen LogP contribution in [0.2, 0.25) is 0 Å². The van der Waals surface area contributed by atoms with E-state index in [0.717, 1.165) is 24.2 Å². The maximum absolute atomic E-state index is 13.3. The maximum atomic E-state index is 13.3. The second-order valence-electron chi connectivity index (χ2n) is 8.69. The van der Waals surface area contributed by atoms with Crippen LogP contribution >= 0.6 is 0 Å². The number of nitrogens with one attached hydrogen (secondary N) is 2. The van der Waals surface area contributed by atoms with Crippen molar-refractivity contribution in [3.63, 3.8) is 0 Å². The quantitative estimate of drug-likeness (QED) is 0.473. The van der Waals surface area contributed by atoms with Gasteiger partial charge in [-0.15, -0.1) is 0 Å². The van der Waals surface area contributed by atoms with E-state index in [1.54, 1.807) is 30.6 Å². The SMILES string of the molecule is O=C(NC1CCOCC1)C1=CN=C(Nc2ccc(Oc3cccc(F)n3)cc2)N(Cc2ccccn2)C1. The fourth-order valence-corrected chi connectivity index (χ4v) is 4.02. The first-order chi connectivity index (χ1) is 18.1. The third-order valence-electron chi connectivity index (χ3n) is 5.95. The predicted octanol–water partition coefficient (Wildman–Crippen LogP) is 3.87. The molecular formula is C27H27FN6O3. The van der Waals surface area contributed by atoms with Gasteiger partial charge in [0, 0.05) is 43.4 Å². The van der Waals surface area contributed by atoms with Crippen LogP contribution in [-0.4, -0.2) is 52.5 Å². The number of benzene rings is 1. The molecule has 0 spiro atoms. The van der Waals surface area contributed by atoms with E-state index in [1.807, 2.05) is 35.2 Å². The van der Waals surface area contributed by atoms with E-state index in [4.69, 9.17) is 9.47 Å². The highest BCUT2D eigenvalue weighted by Crippen LogP contribution is 2.23. The first-order valence-corrected chi connectivity index (χ1v) is 12.1. The number of guanidine groups is 1. The number of hydrogen-bond acceptors (Lipinski definition) is 8. The summed E-state index contributed by atoms with van der Waals surface area (Å²) < 4.78 is 24.3. The van der Waals surface area contributed by atoms with Crippen molar-refractivity contribution in [1.82, 2.24) is 20.2 Å². The van der Waals surface area contributed by atoms with Crippen molar-refractivity contribution in [2.45, 2.75) is 25.4 Å². The first-order valence-electron chi connectivity index (χ1n) is 12.1. The fourth-order valence-electron chi connectivity index (χ4n) is 4.02. The predicted molar refractivity (Wildman–Crippen MR) is 136 cm³/mol. The van der Waals surface area contributed by atoms with Crippen molar-refractivity contribution in [3.05, 3.63) is 90.3 Å². The summed E-state index contributed by atoms with van der Waals surface area (Å²) >= 11 is 0. The van der Waals surface area contributed by atoms with Gasteiger partial charge in [0.1, 0.15) is 5.75 Å². The Bertz CT molecular complexity index is 1280. The number of pyridine rings is 2. The molecule has 0 unspecified atom stereocenters. The molecule has 10 heteroatoms. The minimum atomic E-state index is -0.604. The Morgan fingerprint density at radius 1 is 1.08 bits per heavy atom. The molecule has 2 N–H and O–H groups in total. The van der Waals surface area contributed by atoms with Crippen molar-refractivity contribution < 1.29 is 18.7 Å². The number of aliphatic imine (C=N–C) groups is 1. The second kappa shape index (κ2) is 11.6. The van der Waals surface area contributed by atoms with Gasteiger partial charge < -0.3 is 25.0 Å². The molecule has 0 saturated carbocycles. The highest BCUT2D eigenvalue weighted by molar-refractivity contribution is 6.00. The van der Waals surface area contributed by atoms with Crippen molar-refractivity contribution in [2.24, 2.45) is 4.99 Å². The van der Waals surface area contributed by atoms with E-state index in [-0.39, 0.29) is 17.8 Å². The minimum Gasteiger partial charge on any atom is -0.439 e. The van der Waals surface area contributed by atoms with Gasteiger partial charge in [0.2, 0.25) is 17.8 Å². The molecule has 2 aliphatic rings. The Kier molecular flexibility index (Phi) is 7.66. The van der Waals surface area contributed by atoms with Crippen LogP contribution < -0.4 is 15.4 Å². The molecule has 37 heavy (non-hydrogen) atoms. The lowest BCUT2D eigenvalue weighted by molar-refractivity contribution is -0.119. The molecule has 3 aromatic rings. The normalized spacial score (nSPS) is 16.0. The van der Waals surface area contributed by atoms with Gasteiger partial charge >= 0.3 is 0 Å². The number of ether oxygens (including phenoxy) is 2. The average Bonchev–Trinajstić information content (AvgIpc) is 2.92. The Hall–Kier alpha value is -4.31. The number of anilines is 1. The maximum Gasteiger partial charge on any atom is 0.250 e. The number of nitrogens with zero attached hydrogens (tertiary/aromatic N) is 4. The molecule has 0 aliphatic carbocycles. The molecule has 1 amide bonds. The topological polar surface area (TPSA) is 101 Å². The van der Waals surface area contributed by atoms with Gasteiger partial charge in [-0.2, -0.15) is 9.37 Å². The number of halogens is 1. The van der Waals surface area contributed by atoms with E-state index in [2.05, 4.69) is 25.6 Å². The molecule has 1 aromatic carbocycles. The summed E-state index contributed by atoms with van der Waals surface area (Å²) in [6.07, 6.45) is 4.97. The van der Waals surface area contributed by atoms with Crippen molar-refractivity contribution in [3.8, 4) is 11.6 Å². The highest BCUT2D eigenvalue weighted by Gasteiger charge is 2.24. The second-order valence-corrected chi connectivity index (χ2v) is 8.69. The minimum absolute atomic E-state index is 0.109. The molecule has 0 radical (unpaired) electrons. The Morgan fingerprint density at radius 3 is 2.68 bits per heavy atom. The third-order valence-corrected chi connectivity index (χ3v) is 5.95. The molecule has 190 valence electrons. The number of rotatable bonds is 7. The lowest BCUT2D eigenvalue weighted by atomic mass is 10.1. The molecule has 4 heterocycles. The first kappa shape index (κ1) is 24.4. The van der Waals surface area contributed by atoms with Crippen LogP contribution in [0.5, 0.6) is 11.6 Å². The third kappa shape index (κ3) is 6.68. The van der Waals surface area contributed by atoms with E-state index in [0.29, 0.717) is 43.6 Å². The van der Waals surface area contributed by atoms with Gasteiger partial charge in [0.15, 0.2) is 0 Å². The summed E-state index contributed by atoms with van der Waals surface area (Å²) in [6, 6.07) is 17.4. The summed E-state index contributed by atoms with van der Waals surface area (Å²) in [5, 5.41) is 6.42. The molecule has 2 aromatic heterocycles. The van der Waals surface area contributed by atoms with Crippen LogP contribution in [0, 0.1) is 5.95 Å². The lowest BCUT2D eigenvalue weighted by Crippen LogP contribution is -2.45. The number of amides is 1. The molecule has 2 aliphatic heterocycles. The number of hydrogen-bond donors (Lipinski definition) is 2. The largest absolute Gasteiger partial charge is 0.439 e. The van der Waals surface area contributed by atoms with Crippen LogP contribution in [0.1, 0.15) is 18.5 Å². The molecule has 9 nitrogen and oxygen atoms in total. The van der Waals surface area contributed by atoms with E-state index < -0.39 is 5.95 Å². The van der Waals surface area contributed by atoms with Gasteiger partial charge in [-0.3, -0.25) is 9.78 Å². The molecule has 1 saturated heterocycles. The zero-order valence-electron chi connectivity index (χ0n) is 20.1. The summed E-state index contributed by atoms with van der Waals surface area (Å²) in [5.74, 6) is 0.567.